The molecule has 0 spiro atoms. The minimum absolute atomic E-state index is 0.0489. The van der Waals surface area contributed by atoms with Gasteiger partial charge in [0.2, 0.25) is 0 Å². The summed E-state index contributed by atoms with van der Waals surface area (Å²) in [6.45, 7) is 2.87. The van der Waals surface area contributed by atoms with Crippen LogP contribution in [0.3, 0.4) is 0 Å². The lowest BCUT2D eigenvalue weighted by Crippen LogP contribution is -2.05. The number of esters is 1. The predicted octanol–water partition coefficient (Wildman–Crippen LogP) is 7.74. The number of carbonyl (C=O) groups excluding carboxylic acids is 1. The lowest BCUT2D eigenvalue weighted by atomic mass is 10.1. The summed E-state index contributed by atoms with van der Waals surface area (Å²) in [4.78, 5) is 11.3. The molecule has 0 aliphatic carbocycles. The second-order valence-corrected chi connectivity index (χ2v) is 7.74. The number of rotatable bonds is 19. The van der Waals surface area contributed by atoms with Crippen LogP contribution in [-0.2, 0) is 9.53 Å². The standard InChI is InChI=1S/C22H41BrO2/c1-2-3-4-5-6-7-8-9-10-11-12-13-14-15-16-17-21-25-22(24)19-18-20-23/h9-10H,2-8,11-21H2,1H3. The molecular formula is C22H41BrO2. The summed E-state index contributed by atoms with van der Waals surface area (Å²) >= 11 is 3.32. The highest BCUT2D eigenvalue weighted by atomic mass is 79.9. The van der Waals surface area contributed by atoms with Crippen LogP contribution in [0.25, 0.3) is 0 Å². The number of halogens is 1. The van der Waals surface area contributed by atoms with Crippen molar-refractivity contribution in [2.45, 2.75) is 110 Å². The van der Waals surface area contributed by atoms with Gasteiger partial charge in [-0.25, -0.2) is 0 Å². The van der Waals surface area contributed by atoms with Gasteiger partial charge in [0, 0.05) is 11.8 Å². The van der Waals surface area contributed by atoms with Crippen LogP contribution in [-0.4, -0.2) is 17.9 Å². The molecule has 0 saturated heterocycles. The Morgan fingerprint density at radius 1 is 0.760 bits per heavy atom. The van der Waals surface area contributed by atoms with Gasteiger partial charge in [-0.1, -0.05) is 92.8 Å². The van der Waals surface area contributed by atoms with Gasteiger partial charge in [-0.2, -0.15) is 0 Å². The Bertz CT molecular complexity index is 302. The van der Waals surface area contributed by atoms with E-state index in [4.69, 9.17) is 4.74 Å². The summed E-state index contributed by atoms with van der Waals surface area (Å²) in [5.74, 6) is -0.0489. The molecule has 3 heteroatoms. The first kappa shape index (κ1) is 24.7. The van der Waals surface area contributed by atoms with Crippen molar-refractivity contribution in [1.82, 2.24) is 0 Å². The van der Waals surface area contributed by atoms with Crippen LogP contribution in [0.1, 0.15) is 110 Å². The molecule has 25 heavy (non-hydrogen) atoms. The minimum Gasteiger partial charge on any atom is -0.466 e. The summed E-state index contributed by atoms with van der Waals surface area (Å²) in [7, 11) is 0. The Balaban J connectivity index is 3.13. The van der Waals surface area contributed by atoms with E-state index in [0.29, 0.717) is 13.0 Å². The van der Waals surface area contributed by atoms with Crippen molar-refractivity contribution >= 4 is 21.9 Å². The monoisotopic (exact) mass is 416 g/mol. The number of alkyl halides is 1. The third-order valence-corrected chi connectivity index (χ3v) is 4.99. The number of allylic oxidation sites excluding steroid dienone is 2. The van der Waals surface area contributed by atoms with Crippen molar-refractivity contribution in [3.05, 3.63) is 12.2 Å². The molecule has 0 aromatic heterocycles. The fourth-order valence-electron chi connectivity index (χ4n) is 2.82. The van der Waals surface area contributed by atoms with Crippen molar-refractivity contribution in [3.8, 4) is 0 Å². The van der Waals surface area contributed by atoms with E-state index in [1.54, 1.807) is 0 Å². The van der Waals surface area contributed by atoms with Gasteiger partial charge in [0.1, 0.15) is 0 Å². The zero-order chi connectivity index (χ0) is 18.4. The molecular weight excluding hydrogens is 376 g/mol. The average molecular weight is 417 g/mol. The first-order valence-corrected chi connectivity index (χ1v) is 11.8. The van der Waals surface area contributed by atoms with Crippen LogP contribution in [0, 0.1) is 0 Å². The lowest BCUT2D eigenvalue weighted by Gasteiger charge is -2.04. The van der Waals surface area contributed by atoms with Crippen LogP contribution in [0.4, 0.5) is 0 Å². The van der Waals surface area contributed by atoms with E-state index in [1.165, 1.54) is 83.5 Å². The number of unbranched alkanes of at least 4 members (excludes halogenated alkanes) is 12. The van der Waals surface area contributed by atoms with Gasteiger partial charge < -0.3 is 4.74 Å². The fourth-order valence-corrected chi connectivity index (χ4v) is 3.10. The topological polar surface area (TPSA) is 26.3 Å². The summed E-state index contributed by atoms with van der Waals surface area (Å²) in [5, 5.41) is 0.871. The fraction of sp³-hybridized carbons (Fsp3) is 0.864. The normalized spacial score (nSPS) is 11.3. The number of hydrogen-bond donors (Lipinski definition) is 0. The smallest absolute Gasteiger partial charge is 0.305 e. The van der Waals surface area contributed by atoms with E-state index in [9.17, 15) is 4.79 Å². The van der Waals surface area contributed by atoms with Gasteiger partial charge in [0.15, 0.2) is 0 Å². The molecule has 0 radical (unpaired) electrons. The van der Waals surface area contributed by atoms with E-state index >= 15 is 0 Å². The zero-order valence-electron chi connectivity index (χ0n) is 16.6. The van der Waals surface area contributed by atoms with Gasteiger partial charge in [-0.05, 0) is 38.5 Å². The van der Waals surface area contributed by atoms with E-state index in [0.717, 1.165) is 18.2 Å². The van der Waals surface area contributed by atoms with Crippen molar-refractivity contribution in [1.29, 1.82) is 0 Å². The summed E-state index contributed by atoms with van der Waals surface area (Å²) in [6.07, 6.45) is 24.4. The predicted molar refractivity (Wildman–Crippen MR) is 113 cm³/mol. The Morgan fingerprint density at radius 3 is 1.84 bits per heavy atom. The van der Waals surface area contributed by atoms with E-state index in [-0.39, 0.29) is 5.97 Å². The van der Waals surface area contributed by atoms with Crippen LogP contribution in [0.2, 0.25) is 0 Å². The maximum absolute atomic E-state index is 11.3. The van der Waals surface area contributed by atoms with Gasteiger partial charge >= 0.3 is 5.97 Å². The van der Waals surface area contributed by atoms with Gasteiger partial charge in [0.25, 0.3) is 0 Å². The van der Waals surface area contributed by atoms with Crippen molar-refractivity contribution in [2.24, 2.45) is 0 Å². The molecule has 0 fully saturated rings. The molecule has 0 rings (SSSR count). The molecule has 0 heterocycles. The van der Waals surface area contributed by atoms with Gasteiger partial charge in [-0.15, -0.1) is 0 Å². The average Bonchev–Trinajstić information content (AvgIpc) is 2.62. The quantitative estimate of drug-likeness (QED) is 0.0930. The third-order valence-electron chi connectivity index (χ3n) is 4.43. The molecule has 0 atom stereocenters. The van der Waals surface area contributed by atoms with Crippen LogP contribution < -0.4 is 0 Å². The zero-order valence-corrected chi connectivity index (χ0v) is 18.2. The molecule has 0 unspecified atom stereocenters. The maximum Gasteiger partial charge on any atom is 0.305 e. The number of hydrogen-bond acceptors (Lipinski definition) is 2. The third kappa shape index (κ3) is 21.6. The second kappa shape index (κ2) is 21.7. The molecule has 0 saturated carbocycles. The first-order chi connectivity index (χ1) is 12.3. The summed E-state index contributed by atoms with van der Waals surface area (Å²) in [5.41, 5.74) is 0. The molecule has 2 nitrogen and oxygen atoms in total. The van der Waals surface area contributed by atoms with E-state index < -0.39 is 0 Å². The van der Waals surface area contributed by atoms with Crippen LogP contribution in [0.5, 0.6) is 0 Å². The molecule has 0 amide bonds. The highest BCUT2D eigenvalue weighted by Gasteiger charge is 2.01. The Hall–Kier alpha value is -0.310. The molecule has 0 aliphatic heterocycles. The summed E-state index contributed by atoms with van der Waals surface area (Å²) < 4.78 is 5.19. The van der Waals surface area contributed by atoms with Crippen molar-refractivity contribution in [2.75, 3.05) is 11.9 Å². The van der Waals surface area contributed by atoms with Gasteiger partial charge in [-0.3, -0.25) is 4.79 Å². The SMILES string of the molecule is CCCCCCCCC=CCCCCCCCCOC(=O)CCCBr. The van der Waals surface area contributed by atoms with E-state index in [1.807, 2.05) is 0 Å². The minimum atomic E-state index is -0.0489. The lowest BCUT2D eigenvalue weighted by molar-refractivity contribution is -0.143. The Morgan fingerprint density at radius 2 is 1.28 bits per heavy atom. The van der Waals surface area contributed by atoms with Crippen molar-refractivity contribution < 1.29 is 9.53 Å². The largest absolute Gasteiger partial charge is 0.466 e. The first-order valence-electron chi connectivity index (χ1n) is 10.7. The maximum atomic E-state index is 11.3. The number of ether oxygens (including phenoxy) is 1. The Kier molecular flexibility index (Phi) is 21.5. The highest BCUT2D eigenvalue weighted by molar-refractivity contribution is 9.09. The van der Waals surface area contributed by atoms with Crippen LogP contribution >= 0.6 is 15.9 Å². The molecule has 0 aromatic rings. The molecule has 0 aromatic carbocycles. The Labute approximate surface area is 165 Å². The van der Waals surface area contributed by atoms with E-state index in [2.05, 4.69) is 35.0 Å². The van der Waals surface area contributed by atoms with Crippen LogP contribution in [0.15, 0.2) is 12.2 Å². The second-order valence-electron chi connectivity index (χ2n) is 6.95. The highest BCUT2D eigenvalue weighted by Crippen LogP contribution is 2.10. The molecule has 148 valence electrons. The number of carbonyl (C=O) groups is 1. The van der Waals surface area contributed by atoms with Crippen molar-refractivity contribution in [3.63, 3.8) is 0 Å². The van der Waals surface area contributed by atoms with Gasteiger partial charge in [0.05, 0.1) is 6.61 Å². The molecule has 0 N–H and O–H groups in total. The molecule has 0 bridgehead atoms. The summed E-state index contributed by atoms with van der Waals surface area (Å²) in [6, 6.07) is 0. The molecule has 0 aliphatic rings.